The van der Waals surface area contributed by atoms with E-state index in [1.807, 2.05) is 27.2 Å². The summed E-state index contributed by atoms with van der Waals surface area (Å²) in [6.07, 6.45) is 25.3. The first kappa shape index (κ1) is 40.0. The Morgan fingerprint density at radius 3 is 1.95 bits per heavy atom. The minimum Gasteiger partial charge on any atom is -0.387 e. The van der Waals surface area contributed by atoms with Gasteiger partial charge in [0.15, 0.2) is 0 Å². The third-order valence-electron chi connectivity index (χ3n) is 6.92. The minimum absolute atomic E-state index is 0.0593. The molecule has 0 heterocycles. The number of amides is 1. The van der Waals surface area contributed by atoms with E-state index in [0.29, 0.717) is 17.4 Å². The van der Waals surface area contributed by atoms with Gasteiger partial charge >= 0.3 is 7.82 Å². The topological polar surface area (TPSA) is 105 Å². The monoisotopic (exact) mass is 603 g/mol. The number of carbonyl (C=O) groups is 1. The first-order valence-corrected chi connectivity index (χ1v) is 17.7. The van der Waals surface area contributed by atoms with Crippen molar-refractivity contribution >= 4 is 13.7 Å². The largest absolute Gasteiger partial charge is 0.472 e. The van der Waals surface area contributed by atoms with Crippen molar-refractivity contribution in [2.45, 2.75) is 135 Å². The lowest BCUT2D eigenvalue weighted by Crippen LogP contribution is -2.45. The molecule has 0 aliphatic carbocycles. The summed E-state index contributed by atoms with van der Waals surface area (Å²) < 4.78 is 23.3. The van der Waals surface area contributed by atoms with E-state index >= 15 is 0 Å². The summed E-state index contributed by atoms with van der Waals surface area (Å²) in [4.78, 5) is 22.8. The van der Waals surface area contributed by atoms with Crippen LogP contribution in [-0.2, 0) is 18.4 Å². The van der Waals surface area contributed by atoms with E-state index in [1.54, 1.807) is 6.08 Å². The molecule has 8 nitrogen and oxygen atoms in total. The number of nitrogens with one attached hydrogen (secondary N) is 1. The van der Waals surface area contributed by atoms with Crippen molar-refractivity contribution < 1.29 is 32.9 Å². The summed E-state index contributed by atoms with van der Waals surface area (Å²) in [5, 5.41) is 13.6. The number of aliphatic hydroxyl groups excluding tert-OH is 1. The number of likely N-dealkylation sites (N-methyl/N-ethyl adjacent to an activating group) is 1. The Labute approximate surface area is 252 Å². The van der Waals surface area contributed by atoms with Crippen LogP contribution in [0.15, 0.2) is 24.3 Å². The summed E-state index contributed by atoms with van der Waals surface area (Å²) in [7, 11) is 1.56. The third-order valence-corrected chi connectivity index (χ3v) is 7.90. The molecule has 3 atom stereocenters. The summed E-state index contributed by atoms with van der Waals surface area (Å²) in [5.74, 6) is -0.198. The van der Waals surface area contributed by atoms with Crippen molar-refractivity contribution in [3.05, 3.63) is 24.3 Å². The number of phosphoric acid groups is 1. The SMILES string of the molecule is CCCC/C=C\CCCCCCC(=O)NC(COP(=O)(O)OCC[N+](C)(C)C)C(O)/C=C/CCCCCCCCC. The number of hydrogen-bond donors (Lipinski definition) is 3. The van der Waals surface area contributed by atoms with Gasteiger partial charge in [-0.05, 0) is 38.5 Å². The van der Waals surface area contributed by atoms with E-state index in [9.17, 15) is 19.4 Å². The molecule has 1 amide bonds. The lowest BCUT2D eigenvalue weighted by molar-refractivity contribution is -0.870. The fourth-order valence-corrected chi connectivity index (χ4v) is 4.93. The second-order valence-corrected chi connectivity index (χ2v) is 13.6. The van der Waals surface area contributed by atoms with Gasteiger partial charge in [0.05, 0.1) is 39.9 Å². The predicted molar refractivity (Wildman–Crippen MR) is 171 cm³/mol. The number of phosphoric ester groups is 1. The van der Waals surface area contributed by atoms with Crippen LogP contribution in [0.2, 0.25) is 0 Å². The van der Waals surface area contributed by atoms with Gasteiger partial charge in [0.2, 0.25) is 5.91 Å². The van der Waals surface area contributed by atoms with Gasteiger partial charge in [-0.15, -0.1) is 0 Å². The van der Waals surface area contributed by atoms with E-state index in [1.165, 1.54) is 44.9 Å². The highest BCUT2D eigenvalue weighted by Gasteiger charge is 2.27. The van der Waals surface area contributed by atoms with Crippen molar-refractivity contribution in [2.75, 3.05) is 40.9 Å². The van der Waals surface area contributed by atoms with E-state index in [-0.39, 0.29) is 19.1 Å². The molecule has 0 bridgehead atoms. The zero-order valence-corrected chi connectivity index (χ0v) is 27.9. The number of quaternary nitrogens is 1. The highest BCUT2D eigenvalue weighted by atomic mass is 31.2. The molecular formula is C32H64N2O6P+. The first-order chi connectivity index (χ1) is 19.5. The molecule has 0 aromatic carbocycles. The van der Waals surface area contributed by atoms with Gasteiger partial charge in [0, 0.05) is 6.42 Å². The van der Waals surface area contributed by atoms with Crippen LogP contribution in [0, 0.1) is 0 Å². The fourth-order valence-electron chi connectivity index (χ4n) is 4.19. The molecule has 9 heteroatoms. The van der Waals surface area contributed by atoms with Crippen molar-refractivity contribution in [1.82, 2.24) is 5.32 Å². The lowest BCUT2D eigenvalue weighted by Gasteiger charge is -2.25. The molecule has 242 valence electrons. The van der Waals surface area contributed by atoms with Crippen molar-refractivity contribution in [2.24, 2.45) is 0 Å². The van der Waals surface area contributed by atoms with E-state index in [0.717, 1.165) is 57.8 Å². The maximum Gasteiger partial charge on any atom is 0.472 e. The van der Waals surface area contributed by atoms with E-state index < -0.39 is 20.0 Å². The Balaban J connectivity index is 4.68. The highest BCUT2D eigenvalue weighted by molar-refractivity contribution is 7.47. The molecular weight excluding hydrogens is 539 g/mol. The zero-order chi connectivity index (χ0) is 30.8. The maximum absolute atomic E-state index is 12.6. The van der Waals surface area contributed by atoms with Crippen LogP contribution >= 0.6 is 7.82 Å². The summed E-state index contributed by atoms with van der Waals surface area (Å²) >= 11 is 0. The molecule has 0 spiro atoms. The van der Waals surface area contributed by atoms with E-state index in [2.05, 4.69) is 31.3 Å². The molecule has 0 aliphatic rings. The minimum atomic E-state index is -4.32. The molecule has 41 heavy (non-hydrogen) atoms. The number of aliphatic hydroxyl groups is 1. The average Bonchev–Trinajstić information content (AvgIpc) is 2.90. The Hall–Kier alpha value is -1.02. The van der Waals surface area contributed by atoms with Gasteiger partial charge in [0.25, 0.3) is 0 Å². The van der Waals surface area contributed by atoms with E-state index in [4.69, 9.17) is 9.05 Å². The smallest absolute Gasteiger partial charge is 0.387 e. The average molecular weight is 604 g/mol. The molecule has 0 aromatic heterocycles. The molecule has 3 N–H and O–H groups in total. The highest BCUT2D eigenvalue weighted by Crippen LogP contribution is 2.43. The van der Waals surface area contributed by atoms with Crippen LogP contribution in [0.3, 0.4) is 0 Å². The quantitative estimate of drug-likeness (QED) is 0.0371. The number of allylic oxidation sites excluding steroid dienone is 3. The number of nitrogens with zero attached hydrogens (tertiary/aromatic N) is 1. The van der Waals surface area contributed by atoms with Crippen LogP contribution < -0.4 is 5.32 Å². The Bertz CT molecular complexity index is 738. The molecule has 0 saturated heterocycles. The lowest BCUT2D eigenvalue weighted by atomic mass is 10.1. The standard InChI is InChI=1S/C32H63N2O6P/c1-6-8-10-12-14-16-18-20-22-24-26-32(36)33-30(29-40-41(37,38)39-28-27-34(3,4)5)31(35)25-23-21-19-17-15-13-11-9-7-2/h12,14,23,25,30-31,35H,6-11,13,15-22,24,26-29H2,1-5H3,(H-,33,36,37,38)/p+1/b14-12-,25-23+. The fraction of sp³-hybridized carbons (Fsp3) is 0.844. The van der Waals surface area contributed by atoms with Crippen molar-refractivity contribution in [3.8, 4) is 0 Å². The van der Waals surface area contributed by atoms with Crippen LogP contribution in [-0.4, -0.2) is 73.4 Å². The second-order valence-electron chi connectivity index (χ2n) is 12.2. The molecule has 0 aromatic rings. The Kier molecular flexibility index (Phi) is 24.8. The molecule has 0 radical (unpaired) electrons. The van der Waals surface area contributed by atoms with Crippen molar-refractivity contribution in [1.29, 1.82) is 0 Å². The molecule has 0 rings (SSSR count). The molecule has 3 unspecified atom stereocenters. The summed E-state index contributed by atoms with van der Waals surface area (Å²) in [6.45, 7) is 4.68. The van der Waals surface area contributed by atoms with Gasteiger partial charge in [-0.2, -0.15) is 0 Å². The van der Waals surface area contributed by atoms with Crippen LogP contribution in [0.5, 0.6) is 0 Å². The van der Waals surface area contributed by atoms with Gasteiger partial charge < -0.3 is 19.8 Å². The second kappa shape index (κ2) is 25.5. The van der Waals surface area contributed by atoms with Gasteiger partial charge in [0.1, 0.15) is 13.2 Å². The van der Waals surface area contributed by atoms with Gasteiger partial charge in [-0.3, -0.25) is 13.8 Å². The van der Waals surface area contributed by atoms with Crippen molar-refractivity contribution in [3.63, 3.8) is 0 Å². The Morgan fingerprint density at radius 2 is 1.34 bits per heavy atom. The van der Waals surface area contributed by atoms with Gasteiger partial charge in [-0.25, -0.2) is 4.57 Å². The summed E-state index contributed by atoms with van der Waals surface area (Å²) in [6, 6.07) is -0.844. The third kappa shape index (κ3) is 27.6. The van der Waals surface area contributed by atoms with Crippen LogP contribution in [0.1, 0.15) is 123 Å². The Morgan fingerprint density at radius 1 is 0.805 bits per heavy atom. The molecule has 0 saturated carbocycles. The molecule has 0 fully saturated rings. The number of unbranched alkanes of at least 4 members (excludes halogenated alkanes) is 13. The summed E-state index contributed by atoms with van der Waals surface area (Å²) in [5.41, 5.74) is 0. The molecule has 0 aliphatic heterocycles. The number of rotatable bonds is 28. The number of hydrogen-bond acceptors (Lipinski definition) is 5. The normalized spacial score (nSPS) is 15.4. The van der Waals surface area contributed by atoms with Crippen LogP contribution in [0.4, 0.5) is 0 Å². The first-order valence-electron chi connectivity index (χ1n) is 16.2. The van der Waals surface area contributed by atoms with Crippen LogP contribution in [0.25, 0.3) is 0 Å². The predicted octanol–water partition coefficient (Wildman–Crippen LogP) is 7.46. The maximum atomic E-state index is 12.6. The van der Waals surface area contributed by atoms with Gasteiger partial charge in [-0.1, -0.05) is 102 Å². The number of carbonyl (C=O) groups excluding carboxylic acids is 1. The zero-order valence-electron chi connectivity index (χ0n) is 27.0.